The number of amides is 4. The predicted molar refractivity (Wildman–Crippen MR) is 115 cm³/mol. The van der Waals surface area contributed by atoms with Crippen molar-refractivity contribution in [2.75, 3.05) is 25.0 Å². The fraction of sp³-hybridized carbons (Fsp3) is 0.474. The number of hydroxylamine groups is 1. The van der Waals surface area contributed by atoms with E-state index in [-0.39, 0.29) is 12.5 Å². The van der Waals surface area contributed by atoms with Crippen molar-refractivity contribution >= 4 is 45.7 Å². The van der Waals surface area contributed by atoms with Gasteiger partial charge in [-0.1, -0.05) is 0 Å². The molecule has 3 rings (SSSR count). The second-order valence-corrected chi connectivity index (χ2v) is 9.11. The molecule has 0 spiro atoms. The Morgan fingerprint density at radius 2 is 2.17 bits per heavy atom. The molecule has 1 unspecified atom stereocenters. The van der Waals surface area contributed by atoms with Gasteiger partial charge in [0.2, 0.25) is 5.91 Å². The second-order valence-electron chi connectivity index (χ2n) is 7.12. The number of hydrogen-bond donors (Lipinski definition) is 3. The number of carbonyl (C=O) groups is 3. The minimum absolute atomic E-state index is 0.279. The molecule has 1 fully saturated rings. The van der Waals surface area contributed by atoms with E-state index in [1.807, 2.05) is 30.7 Å². The molecule has 9 nitrogen and oxygen atoms in total. The van der Waals surface area contributed by atoms with Crippen LogP contribution < -0.4 is 10.8 Å². The number of rotatable bonds is 7. The van der Waals surface area contributed by atoms with Gasteiger partial charge in [-0.25, -0.2) is 15.3 Å². The molecule has 1 aliphatic heterocycles. The molecular formula is C19H25N5O4S2. The van der Waals surface area contributed by atoms with Gasteiger partial charge in [0.25, 0.3) is 5.91 Å². The van der Waals surface area contributed by atoms with Crippen LogP contribution in [0.2, 0.25) is 0 Å². The fourth-order valence-electron chi connectivity index (χ4n) is 3.31. The quantitative estimate of drug-likeness (QED) is 0.442. The number of aromatic nitrogens is 1. The largest absolute Gasteiger partial charge is 0.321 e. The Bertz CT molecular complexity index is 879. The lowest BCUT2D eigenvalue weighted by Gasteiger charge is -2.30. The van der Waals surface area contributed by atoms with Gasteiger partial charge in [-0.2, -0.15) is 11.3 Å². The highest BCUT2D eigenvalue weighted by atomic mass is 32.1. The summed E-state index contributed by atoms with van der Waals surface area (Å²) in [6.45, 7) is 4.27. The van der Waals surface area contributed by atoms with E-state index in [4.69, 9.17) is 5.21 Å². The normalized spacial score (nSPS) is 15.8. The number of likely N-dealkylation sites (tertiary alicyclic amines) is 1. The number of aryl methyl sites for hydroxylation is 2. The lowest BCUT2D eigenvalue weighted by molar-refractivity contribution is -0.129. The molecule has 0 radical (unpaired) electrons. The Labute approximate surface area is 182 Å². The number of carbonyl (C=O) groups excluding carboxylic acids is 3. The molecule has 11 heteroatoms. The SMILES string of the molecule is Cc1nc(NC(=O)C2CCCN2C(=O)N(CCc2ccsc2)CC(=O)NO)sc1C. The zero-order valence-corrected chi connectivity index (χ0v) is 18.5. The molecule has 1 atom stereocenters. The van der Waals surface area contributed by atoms with Crippen LogP contribution in [0.25, 0.3) is 0 Å². The van der Waals surface area contributed by atoms with Crippen LogP contribution in [0.15, 0.2) is 16.8 Å². The zero-order valence-electron chi connectivity index (χ0n) is 16.9. The summed E-state index contributed by atoms with van der Waals surface area (Å²) in [4.78, 5) is 46.0. The number of nitrogens with one attached hydrogen (secondary N) is 2. The van der Waals surface area contributed by atoms with Crippen molar-refractivity contribution in [2.24, 2.45) is 0 Å². The van der Waals surface area contributed by atoms with Crippen LogP contribution in [0.4, 0.5) is 9.93 Å². The summed E-state index contributed by atoms with van der Waals surface area (Å²) in [7, 11) is 0. The van der Waals surface area contributed by atoms with Gasteiger partial charge in [0.15, 0.2) is 5.13 Å². The van der Waals surface area contributed by atoms with E-state index in [0.717, 1.165) is 16.1 Å². The highest BCUT2D eigenvalue weighted by molar-refractivity contribution is 7.15. The lowest BCUT2D eigenvalue weighted by Crippen LogP contribution is -2.52. The van der Waals surface area contributed by atoms with E-state index in [1.165, 1.54) is 21.1 Å². The Balaban J connectivity index is 1.69. The fourth-order valence-corrected chi connectivity index (χ4v) is 4.84. The number of hydrogen-bond acceptors (Lipinski definition) is 7. The molecule has 2 aromatic rings. The van der Waals surface area contributed by atoms with Crippen LogP contribution >= 0.6 is 22.7 Å². The van der Waals surface area contributed by atoms with Gasteiger partial charge in [-0.15, -0.1) is 11.3 Å². The van der Waals surface area contributed by atoms with E-state index in [9.17, 15) is 14.4 Å². The van der Waals surface area contributed by atoms with Crippen LogP contribution in [-0.4, -0.2) is 63.5 Å². The Kier molecular flexibility index (Phi) is 7.40. The third-order valence-electron chi connectivity index (χ3n) is 5.04. The molecule has 0 saturated carbocycles. The highest BCUT2D eigenvalue weighted by Crippen LogP contribution is 2.24. The van der Waals surface area contributed by atoms with E-state index in [2.05, 4.69) is 10.3 Å². The van der Waals surface area contributed by atoms with Gasteiger partial charge in [0.1, 0.15) is 12.6 Å². The molecule has 3 N–H and O–H groups in total. The number of anilines is 1. The van der Waals surface area contributed by atoms with Crippen LogP contribution in [-0.2, 0) is 16.0 Å². The molecule has 3 heterocycles. The first-order valence-electron chi connectivity index (χ1n) is 9.63. The van der Waals surface area contributed by atoms with E-state index < -0.39 is 18.0 Å². The third-order valence-corrected chi connectivity index (χ3v) is 6.76. The van der Waals surface area contributed by atoms with Crippen molar-refractivity contribution < 1.29 is 19.6 Å². The van der Waals surface area contributed by atoms with Crippen LogP contribution in [0.1, 0.15) is 29.0 Å². The first-order valence-corrected chi connectivity index (χ1v) is 11.4. The van der Waals surface area contributed by atoms with Crippen molar-refractivity contribution in [2.45, 2.75) is 39.2 Å². The van der Waals surface area contributed by atoms with Gasteiger partial charge in [0, 0.05) is 18.0 Å². The van der Waals surface area contributed by atoms with Crippen LogP contribution in [0.5, 0.6) is 0 Å². The number of nitrogens with zero attached hydrogens (tertiary/aromatic N) is 3. The van der Waals surface area contributed by atoms with Crippen LogP contribution in [0, 0.1) is 13.8 Å². The minimum Gasteiger partial charge on any atom is -0.315 e. The zero-order chi connectivity index (χ0) is 21.7. The minimum atomic E-state index is -0.678. The monoisotopic (exact) mass is 451 g/mol. The van der Waals surface area contributed by atoms with Crippen molar-refractivity contribution in [1.29, 1.82) is 0 Å². The lowest BCUT2D eigenvalue weighted by atomic mass is 10.2. The van der Waals surface area contributed by atoms with Crippen LogP contribution in [0.3, 0.4) is 0 Å². The van der Waals surface area contributed by atoms with Crippen molar-refractivity contribution in [3.05, 3.63) is 33.0 Å². The summed E-state index contributed by atoms with van der Waals surface area (Å²) in [6, 6.07) is 0.949. The van der Waals surface area contributed by atoms with Gasteiger partial charge < -0.3 is 15.1 Å². The van der Waals surface area contributed by atoms with Crippen molar-refractivity contribution in [3.8, 4) is 0 Å². The maximum Gasteiger partial charge on any atom is 0.321 e. The summed E-state index contributed by atoms with van der Waals surface area (Å²) in [5.74, 6) is -0.957. The van der Waals surface area contributed by atoms with Crippen molar-refractivity contribution in [3.63, 3.8) is 0 Å². The Morgan fingerprint density at radius 3 is 2.80 bits per heavy atom. The number of thiophene rings is 1. The average molecular weight is 452 g/mol. The molecular weight excluding hydrogens is 426 g/mol. The molecule has 162 valence electrons. The Morgan fingerprint density at radius 1 is 1.37 bits per heavy atom. The van der Waals surface area contributed by atoms with Gasteiger partial charge in [-0.3, -0.25) is 14.8 Å². The first-order chi connectivity index (χ1) is 14.4. The van der Waals surface area contributed by atoms with E-state index >= 15 is 0 Å². The van der Waals surface area contributed by atoms with Gasteiger partial charge in [0.05, 0.1) is 5.69 Å². The number of thiazole rings is 1. The van der Waals surface area contributed by atoms with E-state index in [1.54, 1.807) is 16.8 Å². The topological polar surface area (TPSA) is 115 Å². The summed E-state index contributed by atoms with van der Waals surface area (Å²) < 4.78 is 0. The highest BCUT2D eigenvalue weighted by Gasteiger charge is 2.37. The predicted octanol–water partition coefficient (Wildman–Crippen LogP) is 2.39. The average Bonchev–Trinajstić information content (AvgIpc) is 3.46. The number of urea groups is 1. The summed E-state index contributed by atoms with van der Waals surface area (Å²) in [6.07, 6.45) is 1.83. The molecule has 30 heavy (non-hydrogen) atoms. The molecule has 0 aromatic carbocycles. The summed E-state index contributed by atoms with van der Waals surface area (Å²) >= 11 is 2.96. The molecule has 4 amide bonds. The maximum atomic E-state index is 13.2. The maximum absolute atomic E-state index is 13.2. The Hall–Kier alpha value is -2.50. The standard InChI is InChI=1S/C19H25N5O4S2/c1-12-13(2)30-18(20-12)21-17(26)15-4-3-7-24(15)19(27)23(10-16(25)22-28)8-5-14-6-9-29-11-14/h6,9,11,15,28H,3-5,7-8,10H2,1-2H3,(H,22,25)(H,20,21,26). The molecule has 1 aliphatic rings. The first kappa shape index (κ1) is 22.2. The second kappa shape index (κ2) is 10.0. The summed E-state index contributed by atoms with van der Waals surface area (Å²) in [5, 5.41) is 16.2. The molecule has 0 bridgehead atoms. The van der Waals surface area contributed by atoms with Gasteiger partial charge >= 0.3 is 6.03 Å². The molecule has 2 aromatic heterocycles. The van der Waals surface area contributed by atoms with E-state index in [0.29, 0.717) is 37.5 Å². The smallest absolute Gasteiger partial charge is 0.315 e. The van der Waals surface area contributed by atoms with Gasteiger partial charge in [-0.05, 0) is 55.5 Å². The van der Waals surface area contributed by atoms with Crippen molar-refractivity contribution in [1.82, 2.24) is 20.3 Å². The molecule has 1 saturated heterocycles. The summed E-state index contributed by atoms with van der Waals surface area (Å²) in [5.41, 5.74) is 3.50. The molecule has 0 aliphatic carbocycles. The third kappa shape index (κ3) is 5.35.